The van der Waals surface area contributed by atoms with Crippen molar-refractivity contribution in [1.29, 1.82) is 0 Å². The molecule has 2 aromatic rings. The van der Waals surface area contributed by atoms with Crippen molar-refractivity contribution in [3.63, 3.8) is 0 Å². The van der Waals surface area contributed by atoms with E-state index in [1.807, 2.05) is 41.3 Å². The van der Waals surface area contributed by atoms with Gasteiger partial charge < -0.3 is 15.5 Å². The number of carbonyl (C=O) groups excluding carboxylic acids is 2. The van der Waals surface area contributed by atoms with Gasteiger partial charge in [-0.15, -0.1) is 0 Å². The summed E-state index contributed by atoms with van der Waals surface area (Å²) in [7, 11) is 0. The molecule has 0 radical (unpaired) electrons. The molecule has 0 atom stereocenters. The van der Waals surface area contributed by atoms with Crippen LogP contribution in [0.15, 0.2) is 42.5 Å². The maximum atomic E-state index is 12.5. The number of hydrogen-bond acceptors (Lipinski definition) is 3. The summed E-state index contributed by atoms with van der Waals surface area (Å²) in [6.45, 7) is 2.88. The summed E-state index contributed by atoms with van der Waals surface area (Å²) in [5, 5.41) is 6.55. The molecule has 1 aliphatic rings. The normalized spacial score (nSPS) is 13.1. The van der Waals surface area contributed by atoms with Crippen LogP contribution in [-0.2, 0) is 22.6 Å². The zero-order valence-corrected chi connectivity index (χ0v) is 14.8. The van der Waals surface area contributed by atoms with Crippen LogP contribution in [0.2, 0.25) is 5.02 Å². The van der Waals surface area contributed by atoms with Crippen LogP contribution in [0.5, 0.6) is 0 Å². The number of para-hydroxylation sites is 1. The summed E-state index contributed by atoms with van der Waals surface area (Å²) in [6.07, 6.45) is 0.726. The van der Waals surface area contributed by atoms with Gasteiger partial charge in [-0.1, -0.05) is 35.9 Å². The van der Waals surface area contributed by atoms with Crippen molar-refractivity contribution in [3.8, 4) is 0 Å². The van der Waals surface area contributed by atoms with Crippen LogP contribution in [0, 0.1) is 0 Å². The van der Waals surface area contributed by atoms with Crippen molar-refractivity contribution in [2.24, 2.45) is 0 Å². The second kappa shape index (κ2) is 7.57. The number of fused-ring (bicyclic) bond motifs is 1. The minimum atomic E-state index is -0.0872. The average molecular weight is 358 g/mol. The third-order valence-corrected chi connectivity index (χ3v) is 4.56. The number of rotatable bonds is 4. The Bertz CT molecular complexity index is 807. The van der Waals surface area contributed by atoms with Crippen molar-refractivity contribution in [2.75, 3.05) is 23.7 Å². The quantitative estimate of drug-likeness (QED) is 0.882. The summed E-state index contributed by atoms with van der Waals surface area (Å²) in [5.41, 5.74) is 3.78. The average Bonchev–Trinajstić information content (AvgIpc) is 2.60. The highest BCUT2D eigenvalue weighted by atomic mass is 35.5. The zero-order chi connectivity index (χ0) is 17.8. The Labute approximate surface area is 152 Å². The Hall–Kier alpha value is -2.53. The summed E-state index contributed by atoms with van der Waals surface area (Å²) < 4.78 is 0. The molecule has 0 bridgehead atoms. The van der Waals surface area contributed by atoms with E-state index in [1.54, 1.807) is 6.07 Å². The van der Waals surface area contributed by atoms with Crippen molar-refractivity contribution >= 4 is 34.8 Å². The SMILES string of the molecule is CC(=O)Nc1cccc2c1CCN(C(=O)CNc1ccccc1Cl)C2. The number of carbonyl (C=O) groups is 2. The van der Waals surface area contributed by atoms with Gasteiger partial charge in [-0.25, -0.2) is 0 Å². The van der Waals surface area contributed by atoms with E-state index in [1.165, 1.54) is 6.92 Å². The van der Waals surface area contributed by atoms with Gasteiger partial charge in [-0.2, -0.15) is 0 Å². The first-order valence-corrected chi connectivity index (χ1v) is 8.57. The molecule has 0 aromatic heterocycles. The topological polar surface area (TPSA) is 61.4 Å². The third-order valence-electron chi connectivity index (χ3n) is 4.23. The van der Waals surface area contributed by atoms with Gasteiger partial charge in [-0.3, -0.25) is 9.59 Å². The predicted octanol–water partition coefficient (Wildman–Crippen LogP) is 3.30. The lowest BCUT2D eigenvalue weighted by Crippen LogP contribution is -2.39. The first kappa shape index (κ1) is 17.3. The largest absolute Gasteiger partial charge is 0.375 e. The highest BCUT2D eigenvalue weighted by Crippen LogP contribution is 2.26. The minimum absolute atomic E-state index is 0.0236. The number of nitrogens with one attached hydrogen (secondary N) is 2. The fourth-order valence-corrected chi connectivity index (χ4v) is 3.22. The van der Waals surface area contributed by atoms with Crippen LogP contribution in [-0.4, -0.2) is 29.8 Å². The monoisotopic (exact) mass is 357 g/mol. The van der Waals surface area contributed by atoms with Gasteiger partial charge in [0.05, 0.1) is 17.3 Å². The zero-order valence-electron chi connectivity index (χ0n) is 14.0. The maximum absolute atomic E-state index is 12.5. The van der Waals surface area contributed by atoms with Gasteiger partial charge in [0.1, 0.15) is 0 Å². The van der Waals surface area contributed by atoms with Crippen LogP contribution in [0.1, 0.15) is 18.1 Å². The summed E-state index contributed by atoms with van der Waals surface area (Å²) in [5.74, 6) is -0.0636. The van der Waals surface area contributed by atoms with Crippen LogP contribution in [0.4, 0.5) is 11.4 Å². The standard InChI is InChI=1S/C19H20ClN3O2/c1-13(24)22-17-8-4-5-14-12-23(10-9-15(14)17)19(25)11-21-18-7-3-2-6-16(18)20/h2-8,21H,9-12H2,1H3,(H,22,24). The van der Waals surface area contributed by atoms with Gasteiger partial charge >= 0.3 is 0 Å². The van der Waals surface area contributed by atoms with E-state index in [0.29, 0.717) is 18.1 Å². The highest BCUT2D eigenvalue weighted by Gasteiger charge is 2.22. The molecule has 2 amide bonds. The molecular formula is C19H20ClN3O2. The maximum Gasteiger partial charge on any atom is 0.242 e. The molecule has 2 aromatic carbocycles. The molecule has 1 aliphatic heterocycles. The van der Waals surface area contributed by atoms with Crippen LogP contribution >= 0.6 is 11.6 Å². The second-order valence-electron chi connectivity index (χ2n) is 6.02. The third kappa shape index (κ3) is 4.12. The highest BCUT2D eigenvalue weighted by molar-refractivity contribution is 6.33. The summed E-state index contributed by atoms with van der Waals surface area (Å²) >= 11 is 6.10. The Balaban J connectivity index is 1.65. The van der Waals surface area contributed by atoms with Crippen molar-refractivity contribution in [2.45, 2.75) is 19.9 Å². The fourth-order valence-electron chi connectivity index (χ4n) is 3.02. The lowest BCUT2D eigenvalue weighted by atomic mass is 9.97. The lowest BCUT2D eigenvalue weighted by molar-refractivity contribution is -0.130. The van der Waals surface area contributed by atoms with E-state index in [-0.39, 0.29) is 18.4 Å². The fraction of sp³-hybridized carbons (Fsp3) is 0.263. The van der Waals surface area contributed by atoms with E-state index >= 15 is 0 Å². The van der Waals surface area contributed by atoms with E-state index in [0.717, 1.165) is 28.9 Å². The predicted molar refractivity (Wildman–Crippen MR) is 99.8 cm³/mol. The number of nitrogens with zero attached hydrogens (tertiary/aromatic N) is 1. The van der Waals surface area contributed by atoms with Gasteiger partial charge in [0.15, 0.2) is 0 Å². The van der Waals surface area contributed by atoms with Gasteiger partial charge in [-0.05, 0) is 35.7 Å². The first-order valence-electron chi connectivity index (χ1n) is 8.19. The molecule has 0 saturated heterocycles. The summed E-state index contributed by atoms with van der Waals surface area (Å²) in [4.78, 5) is 25.7. The van der Waals surface area contributed by atoms with Gasteiger partial charge in [0.25, 0.3) is 0 Å². The smallest absolute Gasteiger partial charge is 0.242 e. The molecule has 0 fully saturated rings. The molecule has 0 aliphatic carbocycles. The Kier molecular flexibility index (Phi) is 5.24. The molecule has 3 rings (SSSR count). The Morgan fingerprint density at radius 1 is 1.12 bits per heavy atom. The minimum Gasteiger partial charge on any atom is -0.375 e. The van der Waals surface area contributed by atoms with Crippen molar-refractivity contribution < 1.29 is 9.59 Å². The van der Waals surface area contributed by atoms with E-state index in [4.69, 9.17) is 11.6 Å². The molecule has 1 heterocycles. The van der Waals surface area contributed by atoms with Crippen molar-refractivity contribution in [3.05, 3.63) is 58.6 Å². The summed E-state index contributed by atoms with van der Waals surface area (Å²) in [6, 6.07) is 13.2. The number of halogens is 1. The molecule has 5 nitrogen and oxygen atoms in total. The Morgan fingerprint density at radius 3 is 2.64 bits per heavy atom. The molecule has 0 unspecified atom stereocenters. The number of hydrogen-bond donors (Lipinski definition) is 2. The molecule has 6 heteroatoms. The first-order chi connectivity index (χ1) is 12.0. The van der Waals surface area contributed by atoms with Crippen LogP contribution in [0.25, 0.3) is 0 Å². The van der Waals surface area contributed by atoms with Gasteiger partial charge in [0.2, 0.25) is 11.8 Å². The van der Waals surface area contributed by atoms with Gasteiger partial charge in [0, 0.05) is 25.7 Å². The van der Waals surface area contributed by atoms with E-state index < -0.39 is 0 Å². The van der Waals surface area contributed by atoms with Crippen LogP contribution < -0.4 is 10.6 Å². The van der Waals surface area contributed by atoms with E-state index in [2.05, 4.69) is 10.6 Å². The molecule has 0 saturated carbocycles. The van der Waals surface area contributed by atoms with Crippen LogP contribution in [0.3, 0.4) is 0 Å². The number of benzene rings is 2. The number of amides is 2. The molecular weight excluding hydrogens is 338 g/mol. The Morgan fingerprint density at radius 2 is 1.88 bits per heavy atom. The van der Waals surface area contributed by atoms with Crippen molar-refractivity contribution in [1.82, 2.24) is 4.90 Å². The molecule has 130 valence electrons. The molecule has 25 heavy (non-hydrogen) atoms. The molecule has 2 N–H and O–H groups in total. The second-order valence-corrected chi connectivity index (χ2v) is 6.43. The van der Waals surface area contributed by atoms with E-state index in [9.17, 15) is 9.59 Å². The lowest BCUT2D eigenvalue weighted by Gasteiger charge is -2.30. The molecule has 0 spiro atoms. The number of anilines is 2.